The van der Waals surface area contributed by atoms with Crippen LogP contribution in [0.2, 0.25) is 0 Å². The number of hydrogen-bond donors (Lipinski definition) is 2. The van der Waals surface area contributed by atoms with Gasteiger partial charge in [0.05, 0.1) is 18.4 Å². The van der Waals surface area contributed by atoms with Gasteiger partial charge in [-0.05, 0) is 43.4 Å². The van der Waals surface area contributed by atoms with E-state index in [9.17, 15) is 4.79 Å². The number of thiocarbonyl (C=S) groups is 1. The van der Waals surface area contributed by atoms with Crippen LogP contribution >= 0.6 is 12.2 Å². The van der Waals surface area contributed by atoms with Crippen molar-refractivity contribution >= 4 is 29.5 Å². The molecule has 23 heavy (non-hydrogen) atoms. The molecule has 0 spiro atoms. The summed E-state index contributed by atoms with van der Waals surface area (Å²) in [6.45, 7) is 2.13. The van der Waals surface area contributed by atoms with Gasteiger partial charge in [0.15, 0.2) is 5.11 Å². The molecule has 0 amide bonds. The lowest BCUT2D eigenvalue weighted by molar-refractivity contribution is 0.0526. The lowest BCUT2D eigenvalue weighted by Crippen LogP contribution is -2.28. The fraction of sp³-hybridized carbons (Fsp3) is 0.188. The van der Waals surface area contributed by atoms with Gasteiger partial charge in [-0.3, -0.25) is 5.43 Å². The van der Waals surface area contributed by atoms with Crippen molar-refractivity contribution in [3.8, 4) is 11.3 Å². The van der Waals surface area contributed by atoms with E-state index in [-0.39, 0.29) is 5.97 Å². The molecular weight excluding hydrogens is 314 g/mol. The molecule has 2 aromatic rings. The Morgan fingerprint density at radius 3 is 2.70 bits per heavy atom. The third-order valence-corrected chi connectivity index (χ3v) is 3.19. The SMILES string of the molecule is CCOC(=O)c1ccc(-c2ccc(/C=N\NC(=S)NC)o2)cc1. The first-order valence-corrected chi connectivity index (χ1v) is 7.43. The van der Waals surface area contributed by atoms with E-state index < -0.39 is 0 Å². The summed E-state index contributed by atoms with van der Waals surface area (Å²) in [6, 6.07) is 10.6. The van der Waals surface area contributed by atoms with Crippen LogP contribution in [0.25, 0.3) is 11.3 Å². The maximum absolute atomic E-state index is 11.6. The average molecular weight is 331 g/mol. The number of carbonyl (C=O) groups excluding carboxylic acids is 1. The van der Waals surface area contributed by atoms with Crippen LogP contribution in [0.15, 0.2) is 45.9 Å². The first kappa shape index (κ1) is 16.7. The molecule has 2 N–H and O–H groups in total. The maximum Gasteiger partial charge on any atom is 0.338 e. The van der Waals surface area contributed by atoms with Crippen molar-refractivity contribution < 1.29 is 13.9 Å². The van der Waals surface area contributed by atoms with Gasteiger partial charge in [0, 0.05) is 12.6 Å². The van der Waals surface area contributed by atoms with Crippen LogP contribution in [0.3, 0.4) is 0 Å². The Hall–Kier alpha value is -2.67. The van der Waals surface area contributed by atoms with Crippen molar-refractivity contribution in [2.75, 3.05) is 13.7 Å². The molecule has 0 aliphatic carbocycles. The fourth-order valence-electron chi connectivity index (χ4n) is 1.77. The minimum absolute atomic E-state index is 0.335. The highest BCUT2D eigenvalue weighted by atomic mass is 32.1. The lowest BCUT2D eigenvalue weighted by atomic mass is 10.1. The first-order valence-electron chi connectivity index (χ1n) is 7.02. The second kappa shape index (κ2) is 8.09. The Labute approximate surface area is 139 Å². The number of hydrazone groups is 1. The zero-order valence-corrected chi connectivity index (χ0v) is 13.6. The van der Waals surface area contributed by atoms with Crippen LogP contribution in [0.5, 0.6) is 0 Å². The van der Waals surface area contributed by atoms with Gasteiger partial charge < -0.3 is 14.5 Å². The standard InChI is InChI=1S/C16H17N3O3S/c1-3-21-15(20)12-6-4-11(5-7-12)14-9-8-13(22-14)10-18-19-16(23)17-2/h4-10H,3H2,1-2H3,(H2,17,19,23)/b18-10-. The van der Waals surface area contributed by atoms with Gasteiger partial charge in [-0.15, -0.1) is 0 Å². The van der Waals surface area contributed by atoms with E-state index in [1.54, 1.807) is 44.3 Å². The topological polar surface area (TPSA) is 75.9 Å². The molecule has 1 aromatic carbocycles. The number of benzene rings is 1. The zero-order chi connectivity index (χ0) is 16.7. The van der Waals surface area contributed by atoms with Gasteiger partial charge in [0.2, 0.25) is 0 Å². The molecule has 0 unspecified atom stereocenters. The molecule has 1 heterocycles. The number of ether oxygens (including phenoxy) is 1. The summed E-state index contributed by atoms with van der Waals surface area (Å²) >= 11 is 4.90. The number of rotatable bonds is 5. The first-order chi connectivity index (χ1) is 11.1. The summed E-state index contributed by atoms with van der Waals surface area (Å²) in [5.74, 6) is 0.928. The third-order valence-electron chi connectivity index (χ3n) is 2.89. The van der Waals surface area contributed by atoms with E-state index in [2.05, 4.69) is 15.8 Å². The number of esters is 1. The predicted molar refractivity (Wildman–Crippen MR) is 92.5 cm³/mol. The highest BCUT2D eigenvalue weighted by molar-refractivity contribution is 7.80. The van der Waals surface area contributed by atoms with Crippen molar-refractivity contribution in [1.82, 2.24) is 10.7 Å². The Bertz CT molecular complexity index is 708. The van der Waals surface area contributed by atoms with Gasteiger partial charge in [0.1, 0.15) is 11.5 Å². The smallest absolute Gasteiger partial charge is 0.338 e. The molecular formula is C16H17N3O3S. The molecule has 1 aromatic heterocycles. The minimum atomic E-state index is -0.335. The van der Waals surface area contributed by atoms with Crippen LogP contribution < -0.4 is 10.7 Å². The largest absolute Gasteiger partial charge is 0.462 e. The molecule has 0 aliphatic heterocycles. The molecule has 7 heteroatoms. The van der Waals surface area contributed by atoms with Crippen molar-refractivity contribution in [1.29, 1.82) is 0 Å². The number of furan rings is 1. The molecule has 0 bridgehead atoms. The van der Waals surface area contributed by atoms with E-state index in [0.717, 1.165) is 5.56 Å². The second-order valence-electron chi connectivity index (χ2n) is 4.45. The predicted octanol–water partition coefficient (Wildman–Crippen LogP) is 2.55. The molecule has 0 aliphatic rings. The molecule has 0 saturated carbocycles. The average Bonchev–Trinajstić information content (AvgIpc) is 3.04. The van der Waals surface area contributed by atoms with E-state index in [0.29, 0.717) is 28.8 Å². The van der Waals surface area contributed by atoms with Crippen LogP contribution in [-0.2, 0) is 4.74 Å². The Morgan fingerprint density at radius 2 is 2.04 bits per heavy atom. The molecule has 0 atom stereocenters. The second-order valence-corrected chi connectivity index (χ2v) is 4.86. The van der Waals surface area contributed by atoms with Gasteiger partial charge in [-0.2, -0.15) is 5.10 Å². The summed E-state index contributed by atoms with van der Waals surface area (Å²) in [4.78, 5) is 11.6. The summed E-state index contributed by atoms with van der Waals surface area (Å²) in [5, 5.41) is 7.11. The zero-order valence-electron chi connectivity index (χ0n) is 12.8. The third kappa shape index (κ3) is 4.65. The van der Waals surface area contributed by atoms with Gasteiger partial charge >= 0.3 is 5.97 Å². The van der Waals surface area contributed by atoms with E-state index in [4.69, 9.17) is 21.4 Å². The van der Waals surface area contributed by atoms with Crippen LogP contribution in [-0.4, -0.2) is 31.0 Å². The van der Waals surface area contributed by atoms with Gasteiger partial charge in [-0.25, -0.2) is 4.79 Å². The highest BCUT2D eigenvalue weighted by Gasteiger charge is 2.08. The maximum atomic E-state index is 11.6. The number of nitrogens with one attached hydrogen (secondary N) is 2. The summed E-state index contributed by atoms with van der Waals surface area (Å²) in [7, 11) is 1.70. The minimum Gasteiger partial charge on any atom is -0.462 e. The number of nitrogens with zero attached hydrogens (tertiary/aromatic N) is 1. The molecule has 2 rings (SSSR count). The summed E-state index contributed by atoms with van der Waals surface area (Å²) in [5.41, 5.74) is 4.01. The molecule has 0 saturated heterocycles. The molecule has 120 valence electrons. The Balaban J connectivity index is 2.05. The molecule has 6 nitrogen and oxygen atoms in total. The lowest BCUT2D eigenvalue weighted by Gasteiger charge is -2.02. The highest BCUT2D eigenvalue weighted by Crippen LogP contribution is 2.22. The number of carbonyl (C=O) groups is 1. The molecule has 0 fully saturated rings. The van der Waals surface area contributed by atoms with Crippen molar-refractivity contribution in [2.45, 2.75) is 6.92 Å². The van der Waals surface area contributed by atoms with Crippen LogP contribution in [0, 0.1) is 0 Å². The quantitative estimate of drug-likeness (QED) is 0.379. The van der Waals surface area contributed by atoms with Gasteiger partial charge in [0.25, 0.3) is 0 Å². The number of hydrogen-bond acceptors (Lipinski definition) is 5. The van der Waals surface area contributed by atoms with Gasteiger partial charge in [-0.1, -0.05) is 12.1 Å². The Morgan fingerprint density at radius 1 is 1.30 bits per heavy atom. The molecule has 0 radical (unpaired) electrons. The van der Waals surface area contributed by atoms with Crippen molar-refractivity contribution in [3.63, 3.8) is 0 Å². The van der Waals surface area contributed by atoms with Crippen molar-refractivity contribution in [2.24, 2.45) is 5.10 Å². The summed E-state index contributed by atoms with van der Waals surface area (Å²) in [6.07, 6.45) is 1.53. The van der Waals surface area contributed by atoms with Crippen LogP contribution in [0.1, 0.15) is 23.0 Å². The van der Waals surface area contributed by atoms with E-state index in [1.165, 1.54) is 6.21 Å². The van der Waals surface area contributed by atoms with E-state index in [1.807, 2.05) is 6.07 Å². The fourth-order valence-corrected chi connectivity index (χ4v) is 1.83. The van der Waals surface area contributed by atoms with Crippen LogP contribution in [0.4, 0.5) is 0 Å². The normalized spacial score (nSPS) is 10.5. The monoisotopic (exact) mass is 331 g/mol. The Kier molecular flexibility index (Phi) is 5.87. The van der Waals surface area contributed by atoms with E-state index >= 15 is 0 Å². The summed E-state index contributed by atoms with van der Waals surface area (Å²) < 4.78 is 10.6. The van der Waals surface area contributed by atoms with Crippen molar-refractivity contribution in [3.05, 3.63) is 47.7 Å².